The van der Waals surface area contributed by atoms with Crippen molar-refractivity contribution in [3.8, 4) is 0 Å². The minimum absolute atomic E-state index is 0.590. The van der Waals surface area contributed by atoms with E-state index in [0.29, 0.717) is 11.7 Å². The molecule has 0 saturated carbocycles. The summed E-state index contributed by atoms with van der Waals surface area (Å²) in [6.45, 7) is 2.72. The number of hydrogen-bond acceptors (Lipinski definition) is 2. The second kappa shape index (κ2) is 6.21. The molecule has 1 aromatic heterocycles. The fraction of sp³-hybridized carbons (Fsp3) is 0.214. The quantitative estimate of drug-likeness (QED) is 0.827. The van der Waals surface area contributed by atoms with E-state index in [1.807, 2.05) is 30.3 Å². The molecule has 0 spiro atoms. The molecule has 1 aromatic carbocycles. The molecule has 2 N–H and O–H groups in total. The molecule has 0 bridgehead atoms. The molecule has 4 heteroatoms. The van der Waals surface area contributed by atoms with E-state index in [0.717, 1.165) is 17.9 Å². The zero-order valence-electron chi connectivity index (χ0n) is 10.3. The zero-order valence-corrected chi connectivity index (χ0v) is 11.1. The summed E-state index contributed by atoms with van der Waals surface area (Å²) >= 11 is 5.25. The lowest BCUT2D eigenvalue weighted by molar-refractivity contribution is 0.503. The van der Waals surface area contributed by atoms with Crippen molar-refractivity contribution in [1.82, 2.24) is 5.32 Å². The average Bonchev–Trinajstić information content (AvgIpc) is 2.90. The lowest BCUT2D eigenvalue weighted by atomic mass is 10.1. The van der Waals surface area contributed by atoms with Gasteiger partial charge in [0.2, 0.25) is 0 Å². The van der Waals surface area contributed by atoms with E-state index in [4.69, 9.17) is 16.6 Å². The molecule has 0 fully saturated rings. The number of rotatable bonds is 4. The van der Waals surface area contributed by atoms with E-state index in [1.54, 1.807) is 6.26 Å². The molecule has 2 aromatic rings. The summed E-state index contributed by atoms with van der Waals surface area (Å²) in [7, 11) is 0. The third-order valence-electron chi connectivity index (χ3n) is 2.65. The first-order valence-corrected chi connectivity index (χ1v) is 6.35. The molecule has 18 heavy (non-hydrogen) atoms. The smallest absolute Gasteiger partial charge is 0.171 e. The van der Waals surface area contributed by atoms with Crippen molar-refractivity contribution < 1.29 is 4.42 Å². The molecule has 0 unspecified atom stereocenters. The maximum Gasteiger partial charge on any atom is 0.171 e. The lowest BCUT2D eigenvalue weighted by Gasteiger charge is -2.12. The van der Waals surface area contributed by atoms with Gasteiger partial charge in [-0.15, -0.1) is 0 Å². The average molecular weight is 260 g/mol. The van der Waals surface area contributed by atoms with Gasteiger partial charge in [0.15, 0.2) is 5.11 Å². The highest BCUT2D eigenvalue weighted by Gasteiger charge is 2.02. The number of para-hydroxylation sites is 1. The summed E-state index contributed by atoms with van der Waals surface area (Å²) in [5, 5.41) is 6.92. The van der Waals surface area contributed by atoms with Crippen LogP contribution in [-0.2, 0) is 13.0 Å². The Bertz CT molecular complexity index is 508. The van der Waals surface area contributed by atoms with Gasteiger partial charge in [-0.2, -0.15) is 0 Å². The van der Waals surface area contributed by atoms with Crippen molar-refractivity contribution in [3.63, 3.8) is 0 Å². The fourth-order valence-electron chi connectivity index (χ4n) is 1.70. The Balaban J connectivity index is 1.90. The SMILES string of the molecule is CCc1ccccc1NC(=S)NCc1ccco1. The van der Waals surface area contributed by atoms with Crippen LogP contribution in [0.25, 0.3) is 0 Å². The van der Waals surface area contributed by atoms with Crippen LogP contribution in [-0.4, -0.2) is 5.11 Å². The summed E-state index contributed by atoms with van der Waals surface area (Å²) in [6, 6.07) is 11.9. The number of aryl methyl sites for hydroxylation is 1. The van der Waals surface area contributed by atoms with Gasteiger partial charge in [-0.1, -0.05) is 25.1 Å². The van der Waals surface area contributed by atoms with Crippen molar-refractivity contribution >= 4 is 23.0 Å². The number of furan rings is 1. The van der Waals surface area contributed by atoms with Crippen molar-refractivity contribution in [2.45, 2.75) is 19.9 Å². The monoisotopic (exact) mass is 260 g/mol. The van der Waals surface area contributed by atoms with Crippen molar-refractivity contribution in [1.29, 1.82) is 0 Å². The normalized spacial score (nSPS) is 10.1. The number of benzene rings is 1. The molecule has 0 aliphatic carbocycles. The van der Waals surface area contributed by atoms with Gasteiger partial charge in [-0.25, -0.2) is 0 Å². The third kappa shape index (κ3) is 3.34. The molecule has 0 saturated heterocycles. The van der Waals surface area contributed by atoms with Gasteiger partial charge < -0.3 is 15.1 Å². The van der Waals surface area contributed by atoms with E-state index in [2.05, 4.69) is 23.6 Å². The first kappa shape index (κ1) is 12.6. The Morgan fingerprint density at radius 2 is 2.06 bits per heavy atom. The largest absolute Gasteiger partial charge is 0.467 e. The van der Waals surface area contributed by atoms with Crippen LogP contribution in [0.1, 0.15) is 18.2 Å². The van der Waals surface area contributed by atoms with Crippen molar-refractivity contribution in [2.24, 2.45) is 0 Å². The van der Waals surface area contributed by atoms with E-state index >= 15 is 0 Å². The topological polar surface area (TPSA) is 37.2 Å². The van der Waals surface area contributed by atoms with Gasteiger partial charge >= 0.3 is 0 Å². The van der Waals surface area contributed by atoms with E-state index in [9.17, 15) is 0 Å². The zero-order chi connectivity index (χ0) is 12.8. The molecule has 0 radical (unpaired) electrons. The van der Waals surface area contributed by atoms with Crippen LogP contribution in [0.3, 0.4) is 0 Å². The second-order valence-corrected chi connectivity index (χ2v) is 4.31. The third-order valence-corrected chi connectivity index (χ3v) is 2.90. The molecule has 94 valence electrons. The van der Waals surface area contributed by atoms with Crippen LogP contribution in [0, 0.1) is 0 Å². The number of hydrogen-bond donors (Lipinski definition) is 2. The molecule has 3 nitrogen and oxygen atoms in total. The Hall–Kier alpha value is -1.81. The van der Waals surface area contributed by atoms with Crippen molar-refractivity contribution in [3.05, 3.63) is 54.0 Å². The highest BCUT2D eigenvalue weighted by molar-refractivity contribution is 7.80. The van der Waals surface area contributed by atoms with Gasteiger partial charge in [0.1, 0.15) is 5.76 Å². The van der Waals surface area contributed by atoms with Gasteiger partial charge in [-0.05, 0) is 42.4 Å². The first-order chi connectivity index (χ1) is 8.79. The van der Waals surface area contributed by atoms with E-state index in [1.165, 1.54) is 5.56 Å². The molecule has 0 aliphatic heterocycles. The van der Waals surface area contributed by atoms with Crippen molar-refractivity contribution in [2.75, 3.05) is 5.32 Å². The lowest BCUT2D eigenvalue weighted by Crippen LogP contribution is -2.28. The van der Waals surface area contributed by atoms with Crippen LogP contribution in [0.4, 0.5) is 5.69 Å². The number of thiocarbonyl (C=S) groups is 1. The summed E-state index contributed by atoms with van der Waals surface area (Å²) in [5.74, 6) is 0.864. The minimum Gasteiger partial charge on any atom is -0.467 e. The predicted molar refractivity (Wildman–Crippen MR) is 77.6 cm³/mol. The van der Waals surface area contributed by atoms with Crippen LogP contribution in [0.15, 0.2) is 47.1 Å². The van der Waals surface area contributed by atoms with E-state index < -0.39 is 0 Å². The second-order valence-electron chi connectivity index (χ2n) is 3.90. The van der Waals surface area contributed by atoms with E-state index in [-0.39, 0.29) is 0 Å². The summed E-state index contributed by atoms with van der Waals surface area (Å²) in [4.78, 5) is 0. The van der Waals surface area contributed by atoms with Gasteiger partial charge in [0.25, 0.3) is 0 Å². The fourth-order valence-corrected chi connectivity index (χ4v) is 1.88. The molecule has 1 heterocycles. The van der Waals surface area contributed by atoms with Gasteiger partial charge in [0, 0.05) is 5.69 Å². The highest BCUT2D eigenvalue weighted by atomic mass is 32.1. The molecule has 0 amide bonds. The Labute approximate surface area is 112 Å². The van der Waals surface area contributed by atoms with Crippen LogP contribution in [0.5, 0.6) is 0 Å². The Morgan fingerprint density at radius 1 is 1.22 bits per heavy atom. The minimum atomic E-state index is 0.590. The number of anilines is 1. The van der Waals surface area contributed by atoms with Crippen LogP contribution >= 0.6 is 12.2 Å². The Morgan fingerprint density at radius 3 is 2.78 bits per heavy atom. The molecule has 2 rings (SSSR count). The summed E-state index contributed by atoms with van der Waals surface area (Å²) < 4.78 is 5.23. The maximum absolute atomic E-state index is 5.25. The molecule has 0 aliphatic rings. The first-order valence-electron chi connectivity index (χ1n) is 5.94. The predicted octanol–water partition coefficient (Wildman–Crippen LogP) is 3.33. The number of nitrogens with one attached hydrogen (secondary N) is 2. The van der Waals surface area contributed by atoms with Crippen LogP contribution < -0.4 is 10.6 Å². The van der Waals surface area contributed by atoms with Crippen LogP contribution in [0.2, 0.25) is 0 Å². The maximum atomic E-state index is 5.25. The molecular weight excluding hydrogens is 244 g/mol. The van der Waals surface area contributed by atoms with Gasteiger partial charge in [-0.3, -0.25) is 0 Å². The highest BCUT2D eigenvalue weighted by Crippen LogP contribution is 2.15. The standard InChI is InChI=1S/C14H16N2OS/c1-2-11-6-3-4-8-13(11)16-14(18)15-10-12-7-5-9-17-12/h3-9H,2,10H2,1H3,(H2,15,16,18). The van der Waals surface area contributed by atoms with Gasteiger partial charge in [0.05, 0.1) is 12.8 Å². The summed E-state index contributed by atoms with van der Waals surface area (Å²) in [6.07, 6.45) is 2.63. The summed E-state index contributed by atoms with van der Waals surface area (Å²) in [5.41, 5.74) is 2.30. The molecule has 0 atom stereocenters. The molecular formula is C14H16N2OS. The Kier molecular flexibility index (Phi) is 4.36.